The summed E-state index contributed by atoms with van der Waals surface area (Å²) in [5.41, 5.74) is 1.97. The van der Waals surface area contributed by atoms with Crippen molar-refractivity contribution in [2.45, 2.75) is 59.3 Å². The van der Waals surface area contributed by atoms with E-state index >= 15 is 0 Å². The highest BCUT2D eigenvalue weighted by atomic mass is 16.7. The van der Waals surface area contributed by atoms with E-state index in [-0.39, 0.29) is 12.1 Å². The van der Waals surface area contributed by atoms with Gasteiger partial charge in [-0.15, -0.1) is 5.06 Å². The molecule has 1 aromatic rings. The fraction of sp³-hybridized carbons (Fsp3) is 0.522. The van der Waals surface area contributed by atoms with Gasteiger partial charge in [0.1, 0.15) is 5.70 Å². The number of imide groups is 1. The minimum atomic E-state index is -0.745. The summed E-state index contributed by atoms with van der Waals surface area (Å²) in [6.07, 6.45) is 5.28. The Morgan fingerprint density at radius 3 is 2.06 bits per heavy atom. The number of rotatable bonds is 10. The Morgan fingerprint density at radius 1 is 1.03 bits per heavy atom. The van der Waals surface area contributed by atoms with Crippen LogP contribution in [0.5, 0.6) is 0 Å². The molecule has 8 heteroatoms. The molecule has 8 nitrogen and oxygen atoms in total. The highest BCUT2D eigenvalue weighted by Gasteiger charge is 2.45. The molecule has 0 spiro atoms. The average molecular weight is 435 g/mol. The molecule has 0 saturated carbocycles. The van der Waals surface area contributed by atoms with Crippen LogP contribution in [0.25, 0.3) is 5.57 Å². The Kier molecular flexibility index (Phi) is 11.5. The quantitative estimate of drug-likeness (QED) is 0.417. The number of unbranched alkanes of at least 4 members (excludes halogenated alkanes) is 1. The van der Waals surface area contributed by atoms with Crippen molar-refractivity contribution in [2.24, 2.45) is 5.92 Å². The fourth-order valence-electron chi connectivity index (χ4n) is 3.25. The molecule has 0 aromatic heterocycles. The smallest absolute Gasteiger partial charge is 0.380 e. The number of allylic oxidation sites excluding steroid dienone is 1. The van der Waals surface area contributed by atoms with Crippen molar-refractivity contribution < 1.29 is 29.2 Å². The number of benzene rings is 1. The van der Waals surface area contributed by atoms with Crippen LogP contribution >= 0.6 is 0 Å². The molecule has 1 fully saturated rings. The van der Waals surface area contributed by atoms with Crippen LogP contribution in [0.2, 0.25) is 0 Å². The van der Waals surface area contributed by atoms with Gasteiger partial charge < -0.3 is 5.11 Å². The Bertz CT molecular complexity index is 763. The van der Waals surface area contributed by atoms with E-state index in [1.165, 1.54) is 14.2 Å². The number of nitrogens with zero attached hydrogens (tertiary/aromatic N) is 2. The monoisotopic (exact) mass is 434 g/mol. The molecule has 1 aliphatic heterocycles. The molecule has 1 heterocycles. The largest absolute Gasteiger partial charge is 0.481 e. The maximum Gasteiger partial charge on any atom is 0.380 e. The molecule has 1 aliphatic rings. The first-order valence-electron chi connectivity index (χ1n) is 10.6. The summed E-state index contributed by atoms with van der Waals surface area (Å²) >= 11 is 0. The summed E-state index contributed by atoms with van der Waals surface area (Å²) in [4.78, 5) is 44.8. The van der Waals surface area contributed by atoms with Gasteiger partial charge in [0.15, 0.2) is 0 Å². The zero-order valence-corrected chi connectivity index (χ0v) is 19.1. The Labute approximate surface area is 184 Å². The lowest BCUT2D eigenvalue weighted by Crippen LogP contribution is -2.31. The molecule has 1 unspecified atom stereocenters. The maximum atomic E-state index is 12.8. The van der Waals surface area contributed by atoms with Gasteiger partial charge in [0.25, 0.3) is 0 Å². The molecule has 2 rings (SSSR count). The van der Waals surface area contributed by atoms with Crippen molar-refractivity contribution >= 4 is 23.5 Å². The standard InChI is InChI=1S/C20H28N2O4.C3H6O2/c1-5-7-11-15(6-2)14-17(16-12-9-8-10-13-16)18-19(23)22(26-4)20(24)21(18)25-3;1-2-3(4)5/h8-10,12-13,15H,5-7,11,14H2,1-4H3;2H2,1H3,(H,4,5). The third-order valence-corrected chi connectivity index (χ3v) is 5.05. The lowest BCUT2D eigenvalue weighted by atomic mass is 9.88. The third-order valence-electron chi connectivity index (χ3n) is 5.05. The van der Waals surface area contributed by atoms with E-state index in [1.54, 1.807) is 6.92 Å². The first-order chi connectivity index (χ1) is 14.9. The first kappa shape index (κ1) is 26.3. The molecule has 172 valence electrons. The number of urea groups is 1. The molecule has 0 bridgehead atoms. The van der Waals surface area contributed by atoms with Gasteiger partial charge in [0, 0.05) is 6.42 Å². The number of carboxylic acids is 1. The highest BCUT2D eigenvalue weighted by Crippen LogP contribution is 2.35. The predicted octanol–water partition coefficient (Wildman–Crippen LogP) is 4.87. The number of aliphatic carboxylic acids is 1. The van der Waals surface area contributed by atoms with Gasteiger partial charge >= 0.3 is 17.9 Å². The van der Waals surface area contributed by atoms with E-state index in [9.17, 15) is 14.4 Å². The molecule has 0 aliphatic carbocycles. The Hall–Kier alpha value is -2.71. The summed E-state index contributed by atoms with van der Waals surface area (Å²) in [5.74, 6) is -0.815. The summed E-state index contributed by atoms with van der Waals surface area (Å²) in [6, 6.07) is 9.05. The minimum absolute atomic E-state index is 0.222. The third kappa shape index (κ3) is 7.18. The fourth-order valence-corrected chi connectivity index (χ4v) is 3.25. The second-order valence-corrected chi connectivity index (χ2v) is 7.10. The number of carboxylic acid groups (broad SMARTS) is 1. The van der Waals surface area contributed by atoms with Crippen molar-refractivity contribution in [3.8, 4) is 0 Å². The van der Waals surface area contributed by atoms with Crippen molar-refractivity contribution in [1.82, 2.24) is 10.1 Å². The zero-order chi connectivity index (χ0) is 23.4. The van der Waals surface area contributed by atoms with Crippen molar-refractivity contribution in [2.75, 3.05) is 14.2 Å². The molecular weight excluding hydrogens is 400 g/mol. The summed E-state index contributed by atoms with van der Waals surface area (Å²) in [5, 5.41) is 9.48. The minimum Gasteiger partial charge on any atom is -0.481 e. The van der Waals surface area contributed by atoms with Crippen LogP contribution in [0, 0.1) is 5.92 Å². The van der Waals surface area contributed by atoms with Crippen LogP contribution in [-0.4, -0.2) is 47.4 Å². The van der Waals surface area contributed by atoms with Crippen LogP contribution in [-0.2, 0) is 19.3 Å². The van der Waals surface area contributed by atoms with Gasteiger partial charge in [-0.05, 0) is 23.5 Å². The van der Waals surface area contributed by atoms with Crippen molar-refractivity contribution in [3.05, 3.63) is 41.6 Å². The van der Waals surface area contributed by atoms with Crippen molar-refractivity contribution in [3.63, 3.8) is 0 Å². The lowest BCUT2D eigenvalue weighted by molar-refractivity contribution is -0.152. The van der Waals surface area contributed by atoms with Crippen LogP contribution in [0.3, 0.4) is 0 Å². The van der Waals surface area contributed by atoms with Gasteiger partial charge in [-0.1, -0.05) is 76.8 Å². The van der Waals surface area contributed by atoms with Gasteiger partial charge in [-0.2, -0.15) is 5.06 Å². The summed E-state index contributed by atoms with van der Waals surface area (Å²) < 4.78 is 0. The second kappa shape index (κ2) is 13.6. The van der Waals surface area contributed by atoms with E-state index in [0.29, 0.717) is 12.3 Å². The van der Waals surface area contributed by atoms with Crippen LogP contribution < -0.4 is 0 Å². The lowest BCUT2D eigenvalue weighted by Gasteiger charge is -2.21. The Balaban J connectivity index is 0.000000861. The Morgan fingerprint density at radius 2 is 1.61 bits per heavy atom. The topological polar surface area (TPSA) is 96.4 Å². The van der Waals surface area contributed by atoms with Crippen molar-refractivity contribution in [1.29, 1.82) is 0 Å². The predicted molar refractivity (Wildman–Crippen MR) is 117 cm³/mol. The number of hydroxylamine groups is 4. The van der Waals surface area contributed by atoms with E-state index in [0.717, 1.165) is 46.9 Å². The van der Waals surface area contributed by atoms with E-state index in [2.05, 4.69) is 13.8 Å². The second-order valence-electron chi connectivity index (χ2n) is 7.10. The number of carbonyl (C=O) groups excluding carboxylic acids is 2. The van der Waals surface area contributed by atoms with Crippen LogP contribution in [0.15, 0.2) is 36.0 Å². The average Bonchev–Trinajstić information content (AvgIpc) is 3.03. The van der Waals surface area contributed by atoms with E-state index in [1.807, 2.05) is 30.3 Å². The number of carbonyl (C=O) groups is 3. The molecular formula is C23H34N2O6. The van der Waals surface area contributed by atoms with Crippen LogP contribution in [0.1, 0.15) is 64.9 Å². The van der Waals surface area contributed by atoms with Gasteiger partial charge in [-0.25, -0.2) is 4.79 Å². The SMILES string of the molecule is CCC(=O)O.CCCCC(CC)CC(=C1C(=O)N(OC)C(=O)N1OC)c1ccccc1. The molecule has 1 saturated heterocycles. The van der Waals surface area contributed by atoms with Gasteiger partial charge in [-0.3, -0.25) is 19.3 Å². The van der Waals surface area contributed by atoms with Crippen LogP contribution in [0.4, 0.5) is 4.79 Å². The van der Waals surface area contributed by atoms with Gasteiger partial charge in [0.2, 0.25) is 0 Å². The number of amides is 3. The number of hydrogen-bond donors (Lipinski definition) is 1. The molecule has 31 heavy (non-hydrogen) atoms. The molecule has 0 radical (unpaired) electrons. The van der Waals surface area contributed by atoms with E-state index < -0.39 is 17.9 Å². The zero-order valence-electron chi connectivity index (χ0n) is 19.1. The number of hydrogen-bond acceptors (Lipinski definition) is 5. The maximum absolute atomic E-state index is 12.8. The van der Waals surface area contributed by atoms with E-state index in [4.69, 9.17) is 14.8 Å². The molecule has 1 N–H and O–H groups in total. The molecule has 1 atom stereocenters. The molecule has 3 amide bonds. The highest BCUT2D eigenvalue weighted by molar-refractivity contribution is 6.14. The summed E-state index contributed by atoms with van der Waals surface area (Å²) in [6.45, 7) is 5.93. The normalized spacial score (nSPS) is 16.2. The first-order valence-corrected chi connectivity index (χ1v) is 10.6. The molecule has 1 aromatic carbocycles. The van der Waals surface area contributed by atoms with Gasteiger partial charge in [0.05, 0.1) is 14.2 Å². The summed E-state index contributed by atoms with van der Waals surface area (Å²) in [7, 11) is 2.67.